The predicted molar refractivity (Wildman–Crippen MR) is 89.6 cm³/mol. The minimum absolute atomic E-state index is 0.133. The van der Waals surface area contributed by atoms with Crippen LogP contribution in [0.1, 0.15) is 12.8 Å². The highest BCUT2D eigenvalue weighted by molar-refractivity contribution is 5.98. The van der Waals surface area contributed by atoms with E-state index in [2.05, 4.69) is 10.6 Å². The Labute approximate surface area is 135 Å². The number of hydrogen-bond acceptors (Lipinski definition) is 3. The van der Waals surface area contributed by atoms with Crippen molar-refractivity contribution in [3.8, 4) is 11.5 Å². The summed E-state index contributed by atoms with van der Waals surface area (Å²) in [4.78, 5) is 12.7. The molecule has 2 aliphatic rings. The molecule has 1 aliphatic carbocycles. The normalized spacial score (nSPS) is 25.3. The quantitative estimate of drug-likeness (QED) is 0.910. The number of piperidine rings is 1. The third-order valence-corrected chi connectivity index (χ3v) is 4.93. The minimum Gasteiger partial charge on any atom is -0.455 e. The predicted octanol–water partition coefficient (Wildman–Crippen LogP) is 3.42. The molecule has 1 saturated heterocycles. The van der Waals surface area contributed by atoms with Crippen molar-refractivity contribution in [3.05, 3.63) is 54.6 Å². The lowest BCUT2D eigenvalue weighted by atomic mass is 9.95. The van der Waals surface area contributed by atoms with E-state index in [0.717, 1.165) is 37.4 Å². The Morgan fingerprint density at radius 3 is 2.74 bits per heavy atom. The first-order valence-corrected chi connectivity index (χ1v) is 8.12. The van der Waals surface area contributed by atoms with Gasteiger partial charge >= 0.3 is 0 Å². The van der Waals surface area contributed by atoms with Gasteiger partial charge in [-0.15, -0.1) is 0 Å². The van der Waals surface area contributed by atoms with Crippen molar-refractivity contribution in [1.29, 1.82) is 0 Å². The molecule has 1 heterocycles. The number of carbonyl (C=O) groups is 1. The van der Waals surface area contributed by atoms with Crippen molar-refractivity contribution in [1.82, 2.24) is 5.32 Å². The molecule has 2 N–H and O–H groups in total. The fourth-order valence-corrected chi connectivity index (χ4v) is 3.46. The van der Waals surface area contributed by atoms with E-state index in [1.807, 2.05) is 54.6 Å². The molecule has 0 aromatic heterocycles. The van der Waals surface area contributed by atoms with Gasteiger partial charge in [-0.1, -0.05) is 30.3 Å². The van der Waals surface area contributed by atoms with Crippen molar-refractivity contribution in [2.75, 3.05) is 18.4 Å². The fraction of sp³-hybridized carbons (Fsp3) is 0.316. The highest BCUT2D eigenvalue weighted by atomic mass is 16.5. The third-order valence-electron chi connectivity index (χ3n) is 4.93. The lowest BCUT2D eigenvalue weighted by molar-refractivity contribution is -0.122. The van der Waals surface area contributed by atoms with Crippen LogP contribution in [0.2, 0.25) is 0 Å². The Hall–Kier alpha value is -2.33. The average Bonchev–Trinajstić information content (AvgIpc) is 3.34. The second-order valence-electron chi connectivity index (χ2n) is 6.38. The smallest absolute Gasteiger partial charge is 0.231 e. The number of hydrogen-bond donors (Lipinski definition) is 2. The Kier molecular flexibility index (Phi) is 3.54. The maximum absolute atomic E-state index is 12.7. The molecule has 2 atom stereocenters. The van der Waals surface area contributed by atoms with Gasteiger partial charge in [-0.25, -0.2) is 0 Å². The molecule has 118 valence electrons. The summed E-state index contributed by atoms with van der Waals surface area (Å²) < 4.78 is 5.92. The van der Waals surface area contributed by atoms with Crippen LogP contribution < -0.4 is 15.4 Å². The van der Waals surface area contributed by atoms with E-state index in [1.165, 1.54) is 0 Å². The maximum Gasteiger partial charge on any atom is 0.231 e. The fourth-order valence-electron chi connectivity index (χ4n) is 3.46. The van der Waals surface area contributed by atoms with Gasteiger partial charge in [0, 0.05) is 0 Å². The largest absolute Gasteiger partial charge is 0.455 e. The van der Waals surface area contributed by atoms with Gasteiger partial charge in [0.1, 0.15) is 5.75 Å². The van der Waals surface area contributed by atoms with Gasteiger partial charge in [0.25, 0.3) is 0 Å². The SMILES string of the molecule is O=C(Nc1ccccc1Oc1ccccc1)C12CCNCC1C2. The van der Waals surface area contributed by atoms with Crippen LogP contribution in [0.25, 0.3) is 0 Å². The van der Waals surface area contributed by atoms with Crippen molar-refractivity contribution < 1.29 is 9.53 Å². The van der Waals surface area contributed by atoms with Crippen molar-refractivity contribution in [2.45, 2.75) is 12.8 Å². The van der Waals surface area contributed by atoms with Crippen LogP contribution in [0.4, 0.5) is 5.69 Å². The Morgan fingerprint density at radius 2 is 1.91 bits per heavy atom. The second kappa shape index (κ2) is 5.70. The number of fused-ring (bicyclic) bond motifs is 1. The first-order valence-electron chi connectivity index (χ1n) is 8.12. The number of para-hydroxylation sites is 3. The highest BCUT2D eigenvalue weighted by Crippen LogP contribution is 2.57. The van der Waals surface area contributed by atoms with Crippen molar-refractivity contribution in [2.24, 2.45) is 11.3 Å². The highest BCUT2D eigenvalue weighted by Gasteiger charge is 2.60. The number of rotatable bonds is 4. The number of ether oxygens (including phenoxy) is 1. The van der Waals surface area contributed by atoms with Crippen molar-refractivity contribution in [3.63, 3.8) is 0 Å². The Balaban J connectivity index is 1.52. The van der Waals surface area contributed by atoms with E-state index in [9.17, 15) is 4.79 Å². The summed E-state index contributed by atoms with van der Waals surface area (Å²) in [6.07, 6.45) is 1.92. The third kappa shape index (κ3) is 2.70. The van der Waals surface area contributed by atoms with Gasteiger partial charge in [0.15, 0.2) is 5.75 Å². The summed E-state index contributed by atoms with van der Waals surface area (Å²) in [5, 5.41) is 6.45. The standard InChI is InChI=1S/C19H20N2O2/c22-18(19-10-11-20-13-14(19)12-19)21-16-8-4-5-9-17(16)23-15-6-2-1-3-7-15/h1-9,14,20H,10-13H2,(H,21,22). The molecule has 4 heteroatoms. The molecule has 2 aromatic carbocycles. The number of nitrogens with one attached hydrogen (secondary N) is 2. The molecular weight excluding hydrogens is 288 g/mol. The molecule has 2 aromatic rings. The molecule has 23 heavy (non-hydrogen) atoms. The average molecular weight is 308 g/mol. The first-order chi connectivity index (χ1) is 11.3. The van der Waals surface area contributed by atoms with Gasteiger partial charge < -0.3 is 15.4 Å². The van der Waals surface area contributed by atoms with Crippen LogP contribution in [0.15, 0.2) is 54.6 Å². The van der Waals surface area contributed by atoms with Crippen LogP contribution in [0.3, 0.4) is 0 Å². The van der Waals surface area contributed by atoms with Crippen LogP contribution in [-0.4, -0.2) is 19.0 Å². The zero-order valence-electron chi connectivity index (χ0n) is 12.9. The molecular formula is C19H20N2O2. The summed E-state index contributed by atoms with van der Waals surface area (Å²) in [6, 6.07) is 17.2. The summed E-state index contributed by atoms with van der Waals surface area (Å²) in [7, 11) is 0. The molecule has 4 nitrogen and oxygen atoms in total. The summed E-state index contributed by atoms with van der Waals surface area (Å²) in [5.74, 6) is 2.06. The molecule has 0 spiro atoms. The topological polar surface area (TPSA) is 50.4 Å². The molecule has 0 bridgehead atoms. The van der Waals surface area contributed by atoms with Gasteiger partial charge in [0.2, 0.25) is 5.91 Å². The summed E-state index contributed by atoms with van der Waals surface area (Å²) in [6.45, 7) is 1.88. The molecule has 2 unspecified atom stereocenters. The Bertz CT molecular complexity index is 716. The minimum atomic E-state index is -0.162. The van der Waals surface area contributed by atoms with Gasteiger partial charge in [-0.2, -0.15) is 0 Å². The van der Waals surface area contributed by atoms with E-state index in [-0.39, 0.29) is 11.3 Å². The van der Waals surface area contributed by atoms with Gasteiger partial charge in [0.05, 0.1) is 11.1 Å². The monoisotopic (exact) mass is 308 g/mol. The van der Waals surface area contributed by atoms with Crippen LogP contribution in [0.5, 0.6) is 11.5 Å². The molecule has 1 saturated carbocycles. The maximum atomic E-state index is 12.7. The number of benzene rings is 2. The number of anilines is 1. The number of amides is 1. The van der Waals surface area contributed by atoms with Crippen LogP contribution in [-0.2, 0) is 4.79 Å². The zero-order valence-corrected chi connectivity index (χ0v) is 12.9. The van der Waals surface area contributed by atoms with E-state index in [0.29, 0.717) is 11.7 Å². The lowest BCUT2D eigenvalue weighted by Gasteiger charge is -2.22. The summed E-state index contributed by atoms with van der Waals surface area (Å²) in [5.41, 5.74) is 0.574. The van der Waals surface area contributed by atoms with E-state index >= 15 is 0 Å². The molecule has 2 fully saturated rings. The molecule has 1 aliphatic heterocycles. The van der Waals surface area contributed by atoms with Crippen LogP contribution >= 0.6 is 0 Å². The molecule has 1 amide bonds. The Morgan fingerprint density at radius 1 is 1.13 bits per heavy atom. The first kappa shape index (κ1) is 14.3. The van der Waals surface area contributed by atoms with Gasteiger partial charge in [-0.05, 0) is 56.1 Å². The van der Waals surface area contributed by atoms with Crippen molar-refractivity contribution >= 4 is 11.6 Å². The van der Waals surface area contributed by atoms with Gasteiger partial charge in [-0.3, -0.25) is 4.79 Å². The van der Waals surface area contributed by atoms with E-state index < -0.39 is 0 Å². The van der Waals surface area contributed by atoms with E-state index in [1.54, 1.807) is 0 Å². The molecule has 0 radical (unpaired) electrons. The zero-order chi connectivity index (χ0) is 15.7. The molecule has 4 rings (SSSR count). The second-order valence-corrected chi connectivity index (χ2v) is 6.38. The van der Waals surface area contributed by atoms with E-state index in [4.69, 9.17) is 4.74 Å². The summed E-state index contributed by atoms with van der Waals surface area (Å²) >= 11 is 0. The van der Waals surface area contributed by atoms with Crippen LogP contribution in [0, 0.1) is 11.3 Å². The number of carbonyl (C=O) groups excluding carboxylic acids is 1. The lowest BCUT2D eigenvalue weighted by Crippen LogP contribution is -2.36.